The standard InChI is InChI=1S/C20H21FN2/c1-13-5-10-18-17(11-13)16-3-2-4-19(20(16)23-18)22-12-14-6-8-15(21)9-7-14/h5-11,19,22-23H,2-4,12H2,1H3/t19-/m0/s1. The van der Waals surface area contributed by atoms with Gasteiger partial charge in [-0.3, -0.25) is 0 Å². The number of H-pyrrole nitrogens is 1. The molecule has 0 bridgehead atoms. The quantitative estimate of drug-likeness (QED) is 0.716. The Kier molecular flexibility index (Phi) is 3.66. The van der Waals surface area contributed by atoms with Crippen molar-refractivity contribution in [3.8, 4) is 0 Å². The van der Waals surface area contributed by atoms with Crippen LogP contribution in [0.1, 0.15) is 41.3 Å². The van der Waals surface area contributed by atoms with Gasteiger partial charge in [0.15, 0.2) is 0 Å². The van der Waals surface area contributed by atoms with Crippen LogP contribution in [-0.4, -0.2) is 4.98 Å². The van der Waals surface area contributed by atoms with Crippen molar-refractivity contribution in [1.29, 1.82) is 0 Å². The highest BCUT2D eigenvalue weighted by atomic mass is 19.1. The Morgan fingerprint density at radius 3 is 2.83 bits per heavy atom. The third kappa shape index (κ3) is 2.77. The molecule has 1 heterocycles. The van der Waals surface area contributed by atoms with Gasteiger partial charge in [0.1, 0.15) is 5.82 Å². The van der Waals surface area contributed by atoms with E-state index in [1.807, 2.05) is 12.1 Å². The largest absolute Gasteiger partial charge is 0.357 e. The van der Waals surface area contributed by atoms with Crippen LogP contribution in [0, 0.1) is 12.7 Å². The van der Waals surface area contributed by atoms with Gasteiger partial charge in [-0.2, -0.15) is 0 Å². The monoisotopic (exact) mass is 308 g/mol. The third-order valence-corrected chi connectivity index (χ3v) is 4.83. The number of hydrogen-bond acceptors (Lipinski definition) is 1. The molecule has 1 aromatic heterocycles. The van der Waals surface area contributed by atoms with Gasteiger partial charge in [-0.1, -0.05) is 23.8 Å². The number of rotatable bonds is 3. The zero-order valence-corrected chi connectivity index (χ0v) is 13.3. The minimum absolute atomic E-state index is 0.181. The number of fused-ring (bicyclic) bond motifs is 3. The predicted octanol–water partition coefficient (Wildman–Crippen LogP) is 4.78. The van der Waals surface area contributed by atoms with E-state index in [-0.39, 0.29) is 5.82 Å². The topological polar surface area (TPSA) is 27.8 Å². The van der Waals surface area contributed by atoms with Crippen molar-refractivity contribution in [3.63, 3.8) is 0 Å². The molecule has 0 radical (unpaired) electrons. The summed E-state index contributed by atoms with van der Waals surface area (Å²) >= 11 is 0. The van der Waals surface area contributed by atoms with Crippen LogP contribution >= 0.6 is 0 Å². The van der Waals surface area contributed by atoms with Crippen LogP contribution in [0.5, 0.6) is 0 Å². The van der Waals surface area contributed by atoms with Gasteiger partial charge in [0.2, 0.25) is 0 Å². The van der Waals surface area contributed by atoms with Gasteiger partial charge in [-0.25, -0.2) is 4.39 Å². The first kappa shape index (κ1) is 14.5. The Morgan fingerprint density at radius 1 is 1.17 bits per heavy atom. The molecular formula is C20H21FN2. The van der Waals surface area contributed by atoms with E-state index in [1.165, 1.54) is 46.3 Å². The molecule has 0 spiro atoms. The first-order valence-corrected chi connectivity index (χ1v) is 8.29. The summed E-state index contributed by atoms with van der Waals surface area (Å²) in [4.78, 5) is 3.62. The van der Waals surface area contributed by atoms with Gasteiger partial charge in [-0.05, 0) is 61.6 Å². The molecule has 2 N–H and O–H groups in total. The highest BCUT2D eigenvalue weighted by Crippen LogP contribution is 2.35. The van der Waals surface area contributed by atoms with Crippen LogP contribution < -0.4 is 5.32 Å². The second-order valence-corrected chi connectivity index (χ2v) is 6.52. The van der Waals surface area contributed by atoms with E-state index in [4.69, 9.17) is 0 Å². The van der Waals surface area contributed by atoms with E-state index in [1.54, 1.807) is 0 Å². The van der Waals surface area contributed by atoms with Gasteiger partial charge >= 0.3 is 0 Å². The highest BCUT2D eigenvalue weighted by molar-refractivity contribution is 5.85. The van der Waals surface area contributed by atoms with Crippen LogP contribution in [0.4, 0.5) is 4.39 Å². The lowest BCUT2D eigenvalue weighted by Crippen LogP contribution is -2.24. The lowest BCUT2D eigenvalue weighted by Gasteiger charge is -2.24. The molecule has 2 aromatic carbocycles. The summed E-state index contributed by atoms with van der Waals surface area (Å²) in [5, 5.41) is 5.00. The van der Waals surface area contributed by atoms with E-state index in [9.17, 15) is 4.39 Å². The van der Waals surface area contributed by atoms with Crippen LogP contribution in [-0.2, 0) is 13.0 Å². The van der Waals surface area contributed by atoms with Gasteiger partial charge in [0.05, 0.1) is 0 Å². The highest BCUT2D eigenvalue weighted by Gasteiger charge is 2.23. The Hall–Kier alpha value is -2.13. The molecule has 1 atom stereocenters. The lowest BCUT2D eigenvalue weighted by molar-refractivity contribution is 0.452. The molecular weight excluding hydrogens is 287 g/mol. The molecule has 0 saturated carbocycles. The zero-order chi connectivity index (χ0) is 15.8. The Bertz CT molecular complexity index is 833. The molecule has 3 heteroatoms. The summed E-state index contributed by atoms with van der Waals surface area (Å²) in [6.07, 6.45) is 3.49. The first-order valence-electron chi connectivity index (χ1n) is 8.29. The summed E-state index contributed by atoms with van der Waals surface area (Å²) in [6.45, 7) is 2.91. The molecule has 2 nitrogen and oxygen atoms in total. The second kappa shape index (κ2) is 5.82. The molecule has 23 heavy (non-hydrogen) atoms. The van der Waals surface area contributed by atoms with Crippen molar-refractivity contribution in [2.24, 2.45) is 0 Å². The van der Waals surface area contributed by atoms with E-state index < -0.39 is 0 Å². The average molecular weight is 308 g/mol. The number of nitrogens with one attached hydrogen (secondary N) is 2. The van der Waals surface area contributed by atoms with Crippen molar-refractivity contribution in [2.75, 3.05) is 0 Å². The van der Waals surface area contributed by atoms with Crippen molar-refractivity contribution >= 4 is 10.9 Å². The van der Waals surface area contributed by atoms with Gasteiger partial charge in [-0.15, -0.1) is 0 Å². The predicted molar refractivity (Wildman–Crippen MR) is 92.0 cm³/mol. The van der Waals surface area contributed by atoms with Crippen molar-refractivity contribution in [3.05, 3.63) is 70.7 Å². The maximum atomic E-state index is 13.0. The molecule has 0 aliphatic heterocycles. The molecule has 0 amide bonds. The molecule has 0 fully saturated rings. The summed E-state index contributed by atoms with van der Waals surface area (Å²) in [6, 6.07) is 13.7. The summed E-state index contributed by atoms with van der Waals surface area (Å²) in [5.41, 5.74) is 6.45. The minimum Gasteiger partial charge on any atom is -0.357 e. The number of halogens is 1. The van der Waals surface area contributed by atoms with Crippen molar-refractivity contribution < 1.29 is 4.39 Å². The van der Waals surface area contributed by atoms with Gasteiger partial charge in [0, 0.05) is 29.2 Å². The van der Waals surface area contributed by atoms with Crippen LogP contribution in [0.2, 0.25) is 0 Å². The fraction of sp³-hybridized carbons (Fsp3) is 0.300. The van der Waals surface area contributed by atoms with Gasteiger partial charge < -0.3 is 10.3 Å². The lowest BCUT2D eigenvalue weighted by atomic mass is 9.91. The Balaban J connectivity index is 1.60. The molecule has 1 aliphatic rings. The molecule has 0 saturated heterocycles. The normalized spacial score (nSPS) is 17.4. The average Bonchev–Trinajstić information content (AvgIpc) is 2.93. The maximum absolute atomic E-state index is 13.0. The van der Waals surface area contributed by atoms with Crippen LogP contribution in [0.25, 0.3) is 10.9 Å². The molecule has 0 unspecified atom stereocenters. The van der Waals surface area contributed by atoms with Gasteiger partial charge in [0.25, 0.3) is 0 Å². The zero-order valence-electron chi connectivity index (χ0n) is 13.3. The summed E-state index contributed by atoms with van der Waals surface area (Å²) in [7, 11) is 0. The molecule has 118 valence electrons. The second-order valence-electron chi connectivity index (χ2n) is 6.52. The van der Waals surface area contributed by atoms with E-state index in [0.717, 1.165) is 24.9 Å². The van der Waals surface area contributed by atoms with Crippen LogP contribution in [0.15, 0.2) is 42.5 Å². The smallest absolute Gasteiger partial charge is 0.123 e. The van der Waals surface area contributed by atoms with Crippen molar-refractivity contribution in [1.82, 2.24) is 10.3 Å². The Labute approximate surface area is 135 Å². The number of aromatic amines is 1. The molecule has 4 rings (SSSR count). The van der Waals surface area contributed by atoms with E-state index in [2.05, 4.69) is 35.4 Å². The number of aryl methyl sites for hydroxylation is 2. The SMILES string of the molecule is Cc1ccc2[nH]c3c(c2c1)CCC[C@@H]3NCc1ccc(F)cc1. The maximum Gasteiger partial charge on any atom is 0.123 e. The van der Waals surface area contributed by atoms with Crippen LogP contribution in [0.3, 0.4) is 0 Å². The minimum atomic E-state index is -0.181. The fourth-order valence-electron chi connectivity index (χ4n) is 3.62. The third-order valence-electron chi connectivity index (χ3n) is 4.83. The first-order chi connectivity index (χ1) is 11.2. The number of hydrogen-bond donors (Lipinski definition) is 2. The van der Waals surface area contributed by atoms with E-state index in [0.29, 0.717) is 6.04 Å². The Morgan fingerprint density at radius 2 is 2.00 bits per heavy atom. The van der Waals surface area contributed by atoms with E-state index >= 15 is 0 Å². The summed E-state index contributed by atoms with van der Waals surface area (Å²) in [5.74, 6) is -0.181. The van der Waals surface area contributed by atoms with Crippen molar-refractivity contribution in [2.45, 2.75) is 38.8 Å². The fourth-order valence-corrected chi connectivity index (χ4v) is 3.62. The summed E-state index contributed by atoms with van der Waals surface area (Å²) < 4.78 is 13.0. The number of aromatic nitrogens is 1. The number of benzene rings is 2. The molecule has 3 aromatic rings. The molecule has 1 aliphatic carbocycles.